The summed E-state index contributed by atoms with van der Waals surface area (Å²) in [6, 6.07) is 4.58. The molecule has 5 heteroatoms. The summed E-state index contributed by atoms with van der Waals surface area (Å²) in [6.07, 6.45) is 1.98. The zero-order valence-electron chi connectivity index (χ0n) is 12.5. The van der Waals surface area contributed by atoms with Gasteiger partial charge >= 0.3 is 0 Å². The molecule has 0 saturated carbocycles. The maximum absolute atomic E-state index is 8.96. The number of β-amino-alcohol motifs (C(OH)–C–C–N with tert-alkyl or cyclic N) is 1. The minimum absolute atomic E-state index is 0.249. The number of rotatable bonds is 6. The molecule has 1 unspecified atom stereocenters. The molecule has 1 aliphatic heterocycles. The third kappa shape index (κ3) is 3.91. The van der Waals surface area contributed by atoms with Crippen LogP contribution in [0.4, 0.5) is 5.69 Å². The number of hydrogen-bond acceptors (Lipinski definition) is 5. The van der Waals surface area contributed by atoms with E-state index in [4.69, 9.17) is 5.11 Å². The van der Waals surface area contributed by atoms with Crippen molar-refractivity contribution >= 4 is 5.69 Å². The van der Waals surface area contributed by atoms with E-state index in [1.54, 1.807) is 0 Å². The standard InChI is InChI=1S/C15H26N4O/c1-3-16-13(2)15-5-4-14(12-17-15)19-8-6-18(7-9-19)10-11-20/h4-5,12-13,16,20H,3,6-11H2,1-2H3. The Morgan fingerprint density at radius 1 is 1.30 bits per heavy atom. The Balaban J connectivity index is 1.91. The van der Waals surface area contributed by atoms with Crippen LogP contribution in [0.25, 0.3) is 0 Å². The molecule has 2 N–H and O–H groups in total. The number of anilines is 1. The van der Waals surface area contributed by atoms with E-state index < -0.39 is 0 Å². The molecule has 0 amide bonds. The molecule has 1 aliphatic rings. The van der Waals surface area contributed by atoms with Gasteiger partial charge in [0.05, 0.1) is 24.2 Å². The normalized spacial score (nSPS) is 18.2. The summed E-state index contributed by atoms with van der Waals surface area (Å²) >= 11 is 0. The maximum atomic E-state index is 8.96. The van der Waals surface area contributed by atoms with E-state index in [1.807, 2.05) is 6.20 Å². The number of hydrogen-bond donors (Lipinski definition) is 2. The summed E-state index contributed by atoms with van der Waals surface area (Å²) < 4.78 is 0. The first-order chi connectivity index (χ1) is 9.74. The van der Waals surface area contributed by atoms with Crippen LogP contribution in [0.2, 0.25) is 0 Å². The molecule has 1 saturated heterocycles. The van der Waals surface area contributed by atoms with Crippen molar-refractivity contribution < 1.29 is 5.11 Å². The zero-order chi connectivity index (χ0) is 14.4. The molecule has 0 aliphatic carbocycles. The van der Waals surface area contributed by atoms with E-state index in [0.717, 1.165) is 45.0 Å². The molecule has 0 spiro atoms. The van der Waals surface area contributed by atoms with Gasteiger partial charge in [-0.05, 0) is 25.6 Å². The first kappa shape index (κ1) is 15.2. The van der Waals surface area contributed by atoms with Crippen LogP contribution in [0.3, 0.4) is 0 Å². The topological polar surface area (TPSA) is 51.6 Å². The monoisotopic (exact) mass is 278 g/mol. The lowest BCUT2D eigenvalue weighted by atomic mass is 10.2. The van der Waals surface area contributed by atoms with Gasteiger partial charge in [-0.1, -0.05) is 6.92 Å². The summed E-state index contributed by atoms with van der Waals surface area (Å²) in [5.41, 5.74) is 2.29. The molecule has 0 radical (unpaired) electrons. The second-order valence-electron chi connectivity index (χ2n) is 5.27. The van der Waals surface area contributed by atoms with Crippen LogP contribution in [-0.2, 0) is 0 Å². The van der Waals surface area contributed by atoms with Crippen LogP contribution < -0.4 is 10.2 Å². The van der Waals surface area contributed by atoms with E-state index in [-0.39, 0.29) is 6.61 Å². The molecule has 2 rings (SSSR count). The van der Waals surface area contributed by atoms with Crippen LogP contribution in [0, 0.1) is 0 Å². The summed E-state index contributed by atoms with van der Waals surface area (Å²) in [5.74, 6) is 0. The Hall–Kier alpha value is -1.17. The SMILES string of the molecule is CCNC(C)c1ccc(N2CCN(CCO)CC2)cn1. The van der Waals surface area contributed by atoms with Crippen LogP contribution >= 0.6 is 0 Å². The molecule has 1 atom stereocenters. The molecule has 1 aromatic rings. The quantitative estimate of drug-likeness (QED) is 0.808. The van der Waals surface area contributed by atoms with Gasteiger partial charge in [-0.25, -0.2) is 0 Å². The molecule has 20 heavy (non-hydrogen) atoms. The predicted octanol–water partition coefficient (Wildman–Crippen LogP) is 0.866. The van der Waals surface area contributed by atoms with Gasteiger partial charge in [-0.3, -0.25) is 9.88 Å². The first-order valence-corrected chi connectivity index (χ1v) is 7.52. The summed E-state index contributed by atoms with van der Waals surface area (Å²) in [4.78, 5) is 9.23. The Morgan fingerprint density at radius 3 is 2.60 bits per heavy atom. The van der Waals surface area contributed by atoms with Crippen molar-refractivity contribution in [2.75, 3.05) is 50.8 Å². The highest BCUT2D eigenvalue weighted by atomic mass is 16.3. The molecule has 5 nitrogen and oxygen atoms in total. The van der Waals surface area contributed by atoms with Gasteiger partial charge < -0.3 is 15.3 Å². The third-order valence-corrected chi connectivity index (χ3v) is 3.88. The summed E-state index contributed by atoms with van der Waals surface area (Å²) in [7, 11) is 0. The van der Waals surface area contributed by atoms with Gasteiger partial charge in [0, 0.05) is 38.8 Å². The van der Waals surface area contributed by atoms with Crippen molar-refractivity contribution in [3.8, 4) is 0 Å². The highest BCUT2D eigenvalue weighted by molar-refractivity contribution is 5.45. The number of pyridine rings is 1. The van der Waals surface area contributed by atoms with Gasteiger partial charge in [0.15, 0.2) is 0 Å². The van der Waals surface area contributed by atoms with Crippen molar-refractivity contribution in [1.82, 2.24) is 15.2 Å². The summed E-state index contributed by atoms with van der Waals surface area (Å²) in [5, 5.41) is 12.3. The zero-order valence-corrected chi connectivity index (χ0v) is 12.5. The Labute approximate surface area is 121 Å². The number of aliphatic hydroxyl groups is 1. The summed E-state index contributed by atoms with van der Waals surface area (Å²) in [6.45, 7) is 10.3. The van der Waals surface area contributed by atoms with Gasteiger partial charge in [-0.2, -0.15) is 0 Å². The predicted molar refractivity (Wildman–Crippen MR) is 82.1 cm³/mol. The molecule has 0 bridgehead atoms. The molecule has 1 aromatic heterocycles. The molecule has 0 aromatic carbocycles. The largest absolute Gasteiger partial charge is 0.395 e. The van der Waals surface area contributed by atoms with E-state index in [1.165, 1.54) is 5.69 Å². The third-order valence-electron chi connectivity index (χ3n) is 3.88. The van der Waals surface area contributed by atoms with Crippen LogP contribution in [0.5, 0.6) is 0 Å². The number of piperazine rings is 1. The second-order valence-corrected chi connectivity index (χ2v) is 5.27. The van der Waals surface area contributed by atoms with Gasteiger partial charge in [0.2, 0.25) is 0 Å². The molecule has 2 heterocycles. The molecular formula is C15H26N4O. The Morgan fingerprint density at radius 2 is 2.05 bits per heavy atom. The smallest absolute Gasteiger partial charge is 0.0572 e. The highest BCUT2D eigenvalue weighted by Gasteiger charge is 2.17. The van der Waals surface area contributed by atoms with Crippen LogP contribution in [-0.4, -0.2) is 60.9 Å². The fourth-order valence-corrected chi connectivity index (χ4v) is 2.62. The van der Waals surface area contributed by atoms with Crippen molar-refractivity contribution in [2.24, 2.45) is 0 Å². The van der Waals surface area contributed by atoms with E-state index in [0.29, 0.717) is 6.04 Å². The number of aliphatic hydroxyl groups excluding tert-OH is 1. The Kier molecular flexibility index (Phi) is 5.76. The second kappa shape index (κ2) is 7.57. The molecule has 112 valence electrons. The average molecular weight is 278 g/mol. The fourth-order valence-electron chi connectivity index (χ4n) is 2.62. The fraction of sp³-hybridized carbons (Fsp3) is 0.667. The van der Waals surface area contributed by atoms with Gasteiger partial charge in [0.25, 0.3) is 0 Å². The minimum atomic E-state index is 0.249. The lowest BCUT2D eigenvalue weighted by Crippen LogP contribution is -2.47. The van der Waals surface area contributed by atoms with E-state index >= 15 is 0 Å². The van der Waals surface area contributed by atoms with E-state index in [2.05, 4.69) is 46.1 Å². The minimum Gasteiger partial charge on any atom is -0.395 e. The Bertz CT molecular complexity index is 387. The van der Waals surface area contributed by atoms with Crippen molar-refractivity contribution in [3.63, 3.8) is 0 Å². The molecule has 1 fully saturated rings. The van der Waals surface area contributed by atoms with Crippen LogP contribution in [0.15, 0.2) is 18.3 Å². The lowest BCUT2D eigenvalue weighted by molar-refractivity contribution is 0.189. The number of aromatic nitrogens is 1. The van der Waals surface area contributed by atoms with E-state index in [9.17, 15) is 0 Å². The van der Waals surface area contributed by atoms with Crippen LogP contribution in [0.1, 0.15) is 25.6 Å². The first-order valence-electron chi connectivity index (χ1n) is 7.52. The molecular weight excluding hydrogens is 252 g/mol. The lowest BCUT2D eigenvalue weighted by Gasteiger charge is -2.35. The maximum Gasteiger partial charge on any atom is 0.0572 e. The van der Waals surface area contributed by atoms with Gasteiger partial charge in [0.1, 0.15) is 0 Å². The van der Waals surface area contributed by atoms with Crippen molar-refractivity contribution in [2.45, 2.75) is 19.9 Å². The number of nitrogens with one attached hydrogen (secondary N) is 1. The van der Waals surface area contributed by atoms with Crippen molar-refractivity contribution in [3.05, 3.63) is 24.0 Å². The average Bonchev–Trinajstić information content (AvgIpc) is 2.49. The number of nitrogens with zero attached hydrogens (tertiary/aromatic N) is 3. The van der Waals surface area contributed by atoms with Gasteiger partial charge in [-0.15, -0.1) is 0 Å². The van der Waals surface area contributed by atoms with Crippen molar-refractivity contribution in [1.29, 1.82) is 0 Å². The highest BCUT2D eigenvalue weighted by Crippen LogP contribution is 2.18.